The van der Waals surface area contributed by atoms with Crippen LogP contribution in [-0.4, -0.2) is 48.8 Å². The number of hydrogen-bond donors (Lipinski definition) is 3. The van der Waals surface area contributed by atoms with E-state index in [0.717, 1.165) is 0 Å². The molecule has 5 nitrogen and oxygen atoms in total. The van der Waals surface area contributed by atoms with E-state index in [1.807, 2.05) is 32.8 Å². The average molecular weight is 311 g/mol. The van der Waals surface area contributed by atoms with E-state index in [4.69, 9.17) is 0 Å². The van der Waals surface area contributed by atoms with Gasteiger partial charge >= 0.3 is 6.03 Å². The van der Waals surface area contributed by atoms with Gasteiger partial charge in [-0.05, 0) is 52.6 Å². The third-order valence-electron chi connectivity index (χ3n) is 3.95. The minimum atomic E-state index is -1.26. The van der Waals surface area contributed by atoms with Gasteiger partial charge in [0.2, 0.25) is 0 Å². The number of nitrogens with zero attached hydrogens (tertiary/aromatic N) is 1. The normalized spacial score (nSPS) is 14.5. The summed E-state index contributed by atoms with van der Waals surface area (Å²) in [4.78, 5) is 13.8. The Morgan fingerprint density at radius 1 is 1.14 bits per heavy atom. The van der Waals surface area contributed by atoms with Crippen LogP contribution in [0, 0.1) is 5.82 Å². The van der Waals surface area contributed by atoms with Crippen molar-refractivity contribution < 1.29 is 14.3 Å². The summed E-state index contributed by atoms with van der Waals surface area (Å²) in [5.41, 5.74) is -0.887. The molecule has 6 heteroatoms. The second-order valence-corrected chi connectivity index (χ2v) is 6.52. The van der Waals surface area contributed by atoms with Gasteiger partial charge in [0.15, 0.2) is 0 Å². The number of nitrogens with one attached hydrogen (secondary N) is 2. The van der Waals surface area contributed by atoms with Crippen molar-refractivity contribution in [2.75, 3.05) is 27.2 Å². The lowest BCUT2D eigenvalue weighted by atomic mass is 9.96. The first-order valence-electron chi connectivity index (χ1n) is 7.22. The minimum Gasteiger partial charge on any atom is -0.384 e. The number of amides is 2. The zero-order chi connectivity index (χ0) is 17.0. The van der Waals surface area contributed by atoms with Crippen molar-refractivity contribution in [2.45, 2.75) is 31.9 Å². The first kappa shape index (κ1) is 18.4. The largest absolute Gasteiger partial charge is 0.384 e. The maximum atomic E-state index is 12.9. The summed E-state index contributed by atoms with van der Waals surface area (Å²) in [7, 11) is 3.89. The lowest BCUT2D eigenvalue weighted by Gasteiger charge is -2.32. The van der Waals surface area contributed by atoms with Gasteiger partial charge in [0.05, 0.1) is 6.54 Å². The van der Waals surface area contributed by atoms with Crippen molar-refractivity contribution in [1.29, 1.82) is 0 Å². The molecule has 0 bridgehead atoms. The Morgan fingerprint density at radius 2 is 1.64 bits per heavy atom. The van der Waals surface area contributed by atoms with E-state index in [1.54, 1.807) is 6.92 Å². The fourth-order valence-corrected chi connectivity index (χ4v) is 1.68. The van der Waals surface area contributed by atoms with E-state index in [-0.39, 0.29) is 23.9 Å². The van der Waals surface area contributed by atoms with Gasteiger partial charge in [0.25, 0.3) is 0 Å². The van der Waals surface area contributed by atoms with Crippen molar-refractivity contribution in [2.24, 2.45) is 0 Å². The van der Waals surface area contributed by atoms with Crippen LogP contribution in [0.2, 0.25) is 0 Å². The predicted molar refractivity (Wildman–Crippen MR) is 85.1 cm³/mol. The Hall–Kier alpha value is -1.66. The molecule has 0 aliphatic heterocycles. The predicted octanol–water partition coefficient (Wildman–Crippen LogP) is 1.67. The molecule has 0 aromatic heterocycles. The van der Waals surface area contributed by atoms with Gasteiger partial charge in [0.1, 0.15) is 11.4 Å². The molecule has 0 radical (unpaired) electrons. The number of rotatable bonds is 6. The van der Waals surface area contributed by atoms with E-state index in [9.17, 15) is 14.3 Å². The van der Waals surface area contributed by atoms with Crippen molar-refractivity contribution >= 4 is 6.03 Å². The Kier molecular flexibility index (Phi) is 5.91. The van der Waals surface area contributed by atoms with Gasteiger partial charge in [0, 0.05) is 12.1 Å². The minimum absolute atomic E-state index is 0.0346. The molecule has 0 aliphatic rings. The number of hydrogen-bond acceptors (Lipinski definition) is 3. The van der Waals surface area contributed by atoms with Gasteiger partial charge < -0.3 is 20.6 Å². The lowest BCUT2D eigenvalue weighted by molar-refractivity contribution is 0.0591. The lowest BCUT2D eigenvalue weighted by Crippen LogP contribution is -2.51. The van der Waals surface area contributed by atoms with Crippen LogP contribution in [0.5, 0.6) is 0 Å². The highest BCUT2D eigenvalue weighted by Crippen LogP contribution is 2.19. The number of likely N-dealkylation sites (N-methyl/N-ethyl adjacent to an activating group) is 1. The van der Waals surface area contributed by atoms with Gasteiger partial charge in [-0.2, -0.15) is 0 Å². The molecular weight excluding hydrogens is 285 g/mol. The highest BCUT2D eigenvalue weighted by Gasteiger charge is 2.25. The summed E-state index contributed by atoms with van der Waals surface area (Å²) >= 11 is 0. The molecule has 1 rings (SSSR count). The molecule has 1 aromatic rings. The van der Waals surface area contributed by atoms with Crippen molar-refractivity contribution in [3.63, 3.8) is 0 Å². The van der Waals surface area contributed by atoms with Crippen LogP contribution in [-0.2, 0) is 5.60 Å². The SMILES string of the molecule is CN(C)C(C)(C)CNC(=O)NCC(C)(O)c1ccc(F)cc1. The molecule has 0 saturated heterocycles. The van der Waals surface area contributed by atoms with Gasteiger partial charge in [-0.1, -0.05) is 12.1 Å². The van der Waals surface area contributed by atoms with Gasteiger partial charge in [-0.25, -0.2) is 9.18 Å². The summed E-state index contributed by atoms with van der Waals surface area (Å²) in [5, 5.41) is 15.8. The van der Waals surface area contributed by atoms with E-state index in [1.165, 1.54) is 24.3 Å². The number of urea groups is 1. The molecule has 1 unspecified atom stereocenters. The molecule has 0 aliphatic carbocycles. The van der Waals surface area contributed by atoms with Crippen molar-refractivity contribution in [3.05, 3.63) is 35.6 Å². The van der Waals surface area contributed by atoms with Crippen molar-refractivity contribution in [3.8, 4) is 0 Å². The molecule has 0 fully saturated rings. The van der Waals surface area contributed by atoms with Gasteiger partial charge in [-0.3, -0.25) is 0 Å². The Bertz CT molecular complexity index is 499. The van der Waals surface area contributed by atoms with Crippen LogP contribution in [0.25, 0.3) is 0 Å². The molecule has 1 atom stereocenters. The standard InChI is InChI=1S/C16H26FN3O2/c1-15(2,20(4)5)10-18-14(21)19-11-16(3,22)12-6-8-13(17)9-7-12/h6-9,22H,10-11H2,1-5H3,(H2,18,19,21). The second kappa shape index (κ2) is 7.07. The highest BCUT2D eigenvalue weighted by molar-refractivity contribution is 5.74. The number of carbonyl (C=O) groups excluding carboxylic acids is 1. The first-order chi connectivity index (χ1) is 10.0. The summed E-state index contributed by atoms with van der Waals surface area (Å²) in [6.07, 6.45) is 0. The Morgan fingerprint density at radius 3 is 2.14 bits per heavy atom. The molecule has 2 amide bonds. The van der Waals surface area contributed by atoms with E-state index in [0.29, 0.717) is 12.1 Å². The fraction of sp³-hybridized carbons (Fsp3) is 0.562. The van der Waals surface area contributed by atoms with Gasteiger partial charge in [-0.15, -0.1) is 0 Å². The Balaban J connectivity index is 2.51. The van der Waals surface area contributed by atoms with E-state index in [2.05, 4.69) is 10.6 Å². The number of aliphatic hydroxyl groups is 1. The summed E-state index contributed by atoms with van der Waals surface area (Å²) in [5.74, 6) is -0.365. The molecular formula is C16H26FN3O2. The molecule has 22 heavy (non-hydrogen) atoms. The maximum Gasteiger partial charge on any atom is 0.314 e. The number of benzene rings is 1. The number of carbonyl (C=O) groups is 1. The molecule has 0 spiro atoms. The summed E-state index contributed by atoms with van der Waals surface area (Å²) < 4.78 is 12.9. The molecule has 124 valence electrons. The molecule has 0 heterocycles. The van der Waals surface area contributed by atoms with Crippen molar-refractivity contribution in [1.82, 2.24) is 15.5 Å². The summed E-state index contributed by atoms with van der Waals surface area (Å²) in [6, 6.07) is 5.22. The Labute approximate surface area is 131 Å². The topological polar surface area (TPSA) is 64.6 Å². The quantitative estimate of drug-likeness (QED) is 0.749. The molecule has 0 saturated carbocycles. The smallest absolute Gasteiger partial charge is 0.314 e. The van der Waals surface area contributed by atoms with E-state index < -0.39 is 5.60 Å². The third-order valence-corrected chi connectivity index (χ3v) is 3.95. The van der Waals surface area contributed by atoms with Crippen LogP contribution >= 0.6 is 0 Å². The van der Waals surface area contributed by atoms with Crippen LogP contribution in [0.1, 0.15) is 26.3 Å². The van der Waals surface area contributed by atoms with Crippen LogP contribution in [0.4, 0.5) is 9.18 Å². The zero-order valence-electron chi connectivity index (χ0n) is 13.9. The highest BCUT2D eigenvalue weighted by atomic mass is 19.1. The summed E-state index contributed by atoms with van der Waals surface area (Å²) in [6.45, 7) is 6.12. The third kappa shape index (κ3) is 5.27. The average Bonchev–Trinajstić information content (AvgIpc) is 2.43. The maximum absolute atomic E-state index is 12.9. The first-order valence-corrected chi connectivity index (χ1v) is 7.22. The zero-order valence-corrected chi connectivity index (χ0v) is 13.9. The fourth-order valence-electron chi connectivity index (χ4n) is 1.68. The van der Waals surface area contributed by atoms with E-state index >= 15 is 0 Å². The van der Waals surface area contributed by atoms with Crippen LogP contribution in [0.3, 0.4) is 0 Å². The molecule has 1 aromatic carbocycles. The molecule has 3 N–H and O–H groups in total. The second-order valence-electron chi connectivity index (χ2n) is 6.52. The van der Waals surface area contributed by atoms with Crippen LogP contribution < -0.4 is 10.6 Å². The monoisotopic (exact) mass is 311 g/mol. The van der Waals surface area contributed by atoms with Crippen LogP contribution in [0.15, 0.2) is 24.3 Å². The number of halogens is 1.